The van der Waals surface area contributed by atoms with Gasteiger partial charge in [0.25, 0.3) is 11.6 Å². The zero-order valence-electron chi connectivity index (χ0n) is 21.1. The van der Waals surface area contributed by atoms with Crippen molar-refractivity contribution in [1.82, 2.24) is 10.2 Å². The predicted octanol–water partition coefficient (Wildman–Crippen LogP) is 5.46. The van der Waals surface area contributed by atoms with Crippen LogP contribution < -0.4 is 14.8 Å². The minimum Gasteiger partial charge on any atom is -0.490 e. The number of hydrogen-bond donors (Lipinski definition) is 1. The summed E-state index contributed by atoms with van der Waals surface area (Å²) >= 11 is 10.0. The van der Waals surface area contributed by atoms with Crippen molar-refractivity contribution in [2.24, 2.45) is 0 Å². The third-order valence-electron chi connectivity index (χ3n) is 5.61. The second kappa shape index (κ2) is 12.2. The van der Waals surface area contributed by atoms with Gasteiger partial charge in [-0.2, -0.15) is 0 Å². The van der Waals surface area contributed by atoms with Crippen LogP contribution in [0.2, 0.25) is 5.02 Å². The molecule has 0 radical (unpaired) electrons. The largest absolute Gasteiger partial charge is 0.490 e. The monoisotopic (exact) mass is 633 g/mol. The van der Waals surface area contributed by atoms with Crippen molar-refractivity contribution in [3.8, 4) is 11.5 Å². The molecule has 1 aliphatic rings. The Morgan fingerprint density at radius 3 is 2.58 bits per heavy atom. The summed E-state index contributed by atoms with van der Waals surface area (Å²) in [5.41, 5.74) is 1.02. The van der Waals surface area contributed by atoms with E-state index >= 15 is 0 Å². The molecule has 3 aromatic rings. The Labute approximate surface area is 240 Å². The van der Waals surface area contributed by atoms with Crippen LogP contribution in [-0.2, 0) is 22.7 Å². The molecule has 0 bridgehead atoms. The maximum Gasteiger partial charge on any atom is 0.373 e. The van der Waals surface area contributed by atoms with E-state index < -0.39 is 22.8 Å². The van der Waals surface area contributed by atoms with Gasteiger partial charge in [-0.05, 0) is 70.4 Å². The third-order valence-corrected chi connectivity index (χ3v) is 7.05. The van der Waals surface area contributed by atoms with Gasteiger partial charge < -0.3 is 23.9 Å². The third kappa shape index (κ3) is 6.10. The molecular weight excluding hydrogens is 614 g/mol. The fourth-order valence-corrected chi connectivity index (χ4v) is 4.34. The number of benzene rings is 2. The number of imide groups is 1. The number of hydrogen-bond acceptors (Lipinski definition) is 9. The number of carbonyl (C=O) groups excluding carboxylic acids is 3. The van der Waals surface area contributed by atoms with Crippen molar-refractivity contribution in [3.63, 3.8) is 0 Å². The molecular formula is C26H21BrClN3O9. The number of amides is 3. The number of nitrogens with zero attached hydrogens (tertiary/aromatic N) is 2. The maximum absolute atomic E-state index is 13.0. The summed E-state index contributed by atoms with van der Waals surface area (Å²) in [5.74, 6) is -0.653. The number of carbonyl (C=O) groups is 3. The number of furan rings is 1. The van der Waals surface area contributed by atoms with E-state index in [0.717, 1.165) is 4.90 Å². The number of esters is 1. The van der Waals surface area contributed by atoms with E-state index in [-0.39, 0.29) is 59.2 Å². The first-order chi connectivity index (χ1) is 19.1. The van der Waals surface area contributed by atoms with Crippen LogP contribution in [0.1, 0.15) is 34.4 Å². The minimum absolute atomic E-state index is 0.0245. The number of halogens is 2. The highest BCUT2D eigenvalue weighted by Gasteiger charge is 2.35. The van der Waals surface area contributed by atoms with E-state index in [1.807, 2.05) is 0 Å². The number of nitro benzene ring substituents is 1. The molecule has 1 aromatic heterocycles. The van der Waals surface area contributed by atoms with Gasteiger partial charge in [0, 0.05) is 16.6 Å². The molecule has 0 spiro atoms. The summed E-state index contributed by atoms with van der Waals surface area (Å²) in [5, 5.41) is 13.6. The molecule has 1 aliphatic heterocycles. The molecule has 2 aromatic carbocycles. The lowest BCUT2D eigenvalue weighted by Crippen LogP contribution is -2.30. The number of urea groups is 1. The quantitative estimate of drug-likeness (QED) is 0.101. The van der Waals surface area contributed by atoms with Crippen LogP contribution in [0.15, 0.2) is 57.1 Å². The lowest BCUT2D eigenvalue weighted by atomic mass is 10.1. The van der Waals surface area contributed by atoms with Crippen molar-refractivity contribution >= 4 is 57.2 Å². The summed E-state index contributed by atoms with van der Waals surface area (Å²) in [7, 11) is 1.21. The van der Waals surface area contributed by atoms with E-state index in [1.165, 1.54) is 37.5 Å². The van der Waals surface area contributed by atoms with E-state index in [9.17, 15) is 24.5 Å². The van der Waals surface area contributed by atoms with Gasteiger partial charge >= 0.3 is 12.0 Å². The Hall–Kier alpha value is -4.36. The molecule has 14 heteroatoms. The molecule has 3 amide bonds. The van der Waals surface area contributed by atoms with Gasteiger partial charge in [0.1, 0.15) is 23.1 Å². The van der Waals surface area contributed by atoms with E-state index in [1.54, 1.807) is 25.1 Å². The first-order valence-electron chi connectivity index (χ1n) is 11.6. The molecule has 0 saturated carbocycles. The molecule has 4 rings (SSSR count). The van der Waals surface area contributed by atoms with Crippen LogP contribution in [0.3, 0.4) is 0 Å². The van der Waals surface area contributed by atoms with Crippen molar-refractivity contribution in [2.75, 3.05) is 13.7 Å². The first kappa shape index (κ1) is 28.6. The average molecular weight is 635 g/mol. The molecule has 0 atom stereocenters. The molecule has 1 N–H and O–H groups in total. The summed E-state index contributed by atoms with van der Waals surface area (Å²) in [4.78, 5) is 48.5. The van der Waals surface area contributed by atoms with Crippen LogP contribution >= 0.6 is 27.5 Å². The van der Waals surface area contributed by atoms with Crippen molar-refractivity contribution < 1.29 is 37.9 Å². The van der Waals surface area contributed by atoms with Gasteiger partial charge in [-0.1, -0.05) is 11.6 Å². The maximum atomic E-state index is 13.0. The van der Waals surface area contributed by atoms with Crippen molar-refractivity contribution in [2.45, 2.75) is 20.1 Å². The molecule has 1 saturated heterocycles. The number of methoxy groups -OCH3 is 1. The Bertz CT molecular complexity index is 1520. The zero-order valence-corrected chi connectivity index (χ0v) is 23.4. The Morgan fingerprint density at radius 1 is 1.20 bits per heavy atom. The Kier molecular flexibility index (Phi) is 8.75. The summed E-state index contributed by atoms with van der Waals surface area (Å²) in [6, 6.07) is 9.64. The van der Waals surface area contributed by atoms with Crippen molar-refractivity contribution in [3.05, 3.63) is 90.4 Å². The highest BCUT2D eigenvalue weighted by molar-refractivity contribution is 9.10. The molecule has 40 heavy (non-hydrogen) atoms. The topological polar surface area (TPSA) is 150 Å². The molecule has 12 nitrogen and oxygen atoms in total. The Balaban J connectivity index is 1.56. The van der Waals surface area contributed by atoms with Gasteiger partial charge in [0.05, 0.1) is 25.2 Å². The van der Waals surface area contributed by atoms with Gasteiger partial charge in [-0.25, -0.2) is 9.59 Å². The molecule has 0 unspecified atom stereocenters. The summed E-state index contributed by atoms with van der Waals surface area (Å²) in [6.07, 6.45) is 1.43. The van der Waals surface area contributed by atoms with Crippen molar-refractivity contribution in [1.29, 1.82) is 0 Å². The van der Waals surface area contributed by atoms with Gasteiger partial charge in [-0.15, -0.1) is 0 Å². The van der Waals surface area contributed by atoms with Crippen LogP contribution in [0, 0.1) is 10.1 Å². The smallest absolute Gasteiger partial charge is 0.373 e. The van der Waals surface area contributed by atoms with E-state index in [4.69, 9.17) is 25.5 Å². The van der Waals surface area contributed by atoms with Gasteiger partial charge in [-0.3, -0.25) is 19.8 Å². The normalized spacial score (nSPS) is 13.9. The van der Waals surface area contributed by atoms with Gasteiger partial charge in [0.2, 0.25) is 5.76 Å². The van der Waals surface area contributed by atoms with Crippen LogP contribution in [-0.4, -0.2) is 41.4 Å². The van der Waals surface area contributed by atoms with E-state index in [0.29, 0.717) is 15.6 Å². The number of non-ortho nitro benzene ring substituents is 1. The lowest BCUT2D eigenvalue weighted by Gasteiger charge is -2.16. The number of rotatable bonds is 10. The highest BCUT2D eigenvalue weighted by atomic mass is 79.9. The second-order valence-corrected chi connectivity index (χ2v) is 9.37. The molecule has 2 heterocycles. The SMILES string of the molecule is CCOc1cc(/C=C2\NC(=O)N(Cc3ccc(C(=O)OC)o3)C2=O)c(Br)c(Cl)c1OCc1ccc([N+](=O)[O-])cc1. The van der Waals surface area contributed by atoms with E-state index in [2.05, 4.69) is 26.0 Å². The Morgan fingerprint density at radius 2 is 1.93 bits per heavy atom. The zero-order chi connectivity index (χ0) is 29.0. The lowest BCUT2D eigenvalue weighted by molar-refractivity contribution is -0.384. The summed E-state index contributed by atoms with van der Waals surface area (Å²) in [6.45, 7) is 1.90. The number of ether oxygens (including phenoxy) is 3. The minimum atomic E-state index is -0.684. The highest BCUT2D eigenvalue weighted by Crippen LogP contribution is 2.44. The van der Waals surface area contributed by atoms with Crippen LogP contribution in [0.5, 0.6) is 11.5 Å². The molecule has 0 aliphatic carbocycles. The average Bonchev–Trinajstić information content (AvgIpc) is 3.51. The van der Waals surface area contributed by atoms with Crippen LogP contribution in [0.25, 0.3) is 6.08 Å². The fraction of sp³-hybridized carbons (Fsp3) is 0.192. The predicted molar refractivity (Wildman–Crippen MR) is 145 cm³/mol. The molecule has 208 valence electrons. The first-order valence-corrected chi connectivity index (χ1v) is 12.8. The summed E-state index contributed by atoms with van der Waals surface area (Å²) < 4.78 is 21.9. The standard InChI is InChI=1S/C26H21BrClN3O9/c1-3-38-20-11-15(21(27)22(28)23(20)39-13-14-4-6-16(7-5-14)31(35)36)10-18-24(32)30(26(34)29-18)12-17-8-9-19(40-17)25(33)37-2/h4-11H,3,12-13H2,1-2H3,(H,29,34)/b18-10-. The van der Waals surface area contributed by atoms with Crippen LogP contribution in [0.4, 0.5) is 10.5 Å². The number of nitrogens with one attached hydrogen (secondary N) is 1. The fourth-order valence-electron chi connectivity index (χ4n) is 3.68. The second-order valence-electron chi connectivity index (χ2n) is 8.20. The number of nitro groups is 1. The molecule has 1 fully saturated rings. The van der Waals surface area contributed by atoms with Gasteiger partial charge in [0.15, 0.2) is 11.5 Å².